The number of hydrogen-bond acceptors (Lipinski definition) is 8. The first-order valence-corrected chi connectivity index (χ1v) is 14.3. The minimum Gasteiger partial charge on any atom is -0.444 e. The smallest absolute Gasteiger partial charge is 0.426 e. The standard InChI is InChI=1S/C30H34F6N4O5/c1-27(2,3)45-26(41)37-20-16-19(29(31,32)33)22-21(42-4)14-10-5-6-11-15-28(30(34,35)36,43-17-18-12-8-7-9-13-18)25-40-39-24(44-25)23(20)38-22/h7-9,12-13,16,21H,5-6,10-11,14-15,17H2,1-4H3,(H,37,41). The number of halogens is 6. The molecule has 0 saturated heterocycles. The Kier molecular flexibility index (Phi) is 10.1. The number of methoxy groups -OCH3 is 1. The molecule has 1 aliphatic heterocycles. The van der Waals surface area contributed by atoms with Gasteiger partial charge in [0.05, 0.1) is 29.7 Å². The van der Waals surface area contributed by atoms with Crippen molar-refractivity contribution in [3.8, 4) is 11.6 Å². The van der Waals surface area contributed by atoms with Crippen LogP contribution < -0.4 is 5.32 Å². The number of nitrogens with zero attached hydrogens (tertiary/aromatic N) is 3. The molecule has 246 valence electrons. The van der Waals surface area contributed by atoms with Crippen LogP contribution >= 0.6 is 0 Å². The predicted octanol–water partition coefficient (Wildman–Crippen LogP) is 8.51. The molecule has 3 heterocycles. The largest absolute Gasteiger partial charge is 0.444 e. The van der Waals surface area contributed by atoms with Crippen molar-refractivity contribution in [3.05, 3.63) is 59.1 Å². The number of aromatic nitrogens is 3. The zero-order valence-electron chi connectivity index (χ0n) is 25.1. The molecule has 15 heteroatoms. The van der Waals surface area contributed by atoms with Gasteiger partial charge in [0.15, 0.2) is 5.69 Å². The van der Waals surface area contributed by atoms with Gasteiger partial charge in [0, 0.05) is 7.11 Å². The number of alkyl halides is 6. The van der Waals surface area contributed by atoms with Crippen LogP contribution in [-0.4, -0.2) is 40.2 Å². The van der Waals surface area contributed by atoms with Crippen molar-refractivity contribution < 1.29 is 49.8 Å². The number of amides is 1. The Morgan fingerprint density at radius 3 is 2.33 bits per heavy atom. The first-order chi connectivity index (χ1) is 21.0. The maximum absolute atomic E-state index is 15.0. The lowest BCUT2D eigenvalue weighted by Gasteiger charge is -2.32. The number of benzene rings is 1. The van der Waals surface area contributed by atoms with Gasteiger partial charge in [0.1, 0.15) is 5.60 Å². The highest BCUT2D eigenvalue weighted by atomic mass is 19.4. The second-order valence-electron chi connectivity index (χ2n) is 11.6. The molecule has 4 bridgehead atoms. The quantitative estimate of drug-likeness (QED) is 0.276. The van der Waals surface area contributed by atoms with Gasteiger partial charge in [0.2, 0.25) is 5.60 Å². The van der Waals surface area contributed by atoms with Gasteiger partial charge in [0.25, 0.3) is 11.8 Å². The highest BCUT2D eigenvalue weighted by Gasteiger charge is 2.61. The van der Waals surface area contributed by atoms with Gasteiger partial charge in [-0.2, -0.15) is 26.3 Å². The maximum atomic E-state index is 15.0. The van der Waals surface area contributed by atoms with Gasteiger partial charge in [-0.05, 0) is 51.7 Å². The SMILES string of the molecule is COC1CCCCCCC(OCc2ccccc2)(C(F)(F)F)c2nnc(o2)-c2nc1c(C(F)(F)F)cc2NC(=O)OC(C)(C)C. The summed E-state index contributed by atoms with van der Waals surface area (Å²) in [7, 11) is 1.23. The normalized spacial score (nSPS) is 19.9. The molecular formula is C30H34F6N4O5. The lowest BCUT2D eigenvalue weighted by atomic mass is 9.93. The first-order valence-electron chi connectivity index (χ1n) is 14.3. The summed E-state index contributed by atoms with van der Waals surface area (Å²) in [5.41, 5.74) is -6.44. The molecule has 1 N–H and O–H groups in total. The molecule has 45 heavy (non-hydrogen) atoms. The Balaban J connectivity index is 1.92. The molecule has 2 unspecified atom stereocenters. The highest BCUT2D eigenvalue weighted by molar-refractivity contribution is 5.89. The monoisotopic (exact) mass is 644 g/mol. The number of carbonyl (C=O) groups excluding carboxylic acids is 1. The average Bonchev–Trinajstić information content (AvgIpc) is 3.42. The molecule has 1 aliphatic rings. The molecule has 0 spiro atoms. The Hall–Kier alpha value is -3.72. The van der Waals surface area contributed by atoms with E-state index >= 15 is 0 Å². The van der Waals surface area contributed by atoms with Gasteiger partial charge >= 0.3 is 18.4 Å². The number of pyridine rings is 1. The van der Waals surface area contributed by atoms with Crippen LogP contribution in [0.25, 0.3) is 11.6 Å². The van der Waals surface area contributed by atoms with E-state index in [0.29, 0.717) is 30.9 Å². The van der Waals surface area contributed by atoms with E-state index in [9.17, 15) is 31.1 Å². The van der Waals surface area contributed by atoms with Crippen LogP contribution in [0, 0.1) is 0 Å². The van der Waals surface area contributed by atoms with Crippen molar-refractivity contribution in [1.29, 1.82) is 0 Å². The van der Waals surface area contributed by atoms with Gasteiger partial charge in [-0.3, -0.25) is 5.32 Å². The fraction of sp³-hybridized carbons (Fsp3) is 0.533. The van der Waals surface area contributed by atoms with E-state index in [2.05, 4.69) is 20.5 Å². The Morgan fingerprint density at radius 2 is 1.71 bits per heavy atom. The van der Waals surface area contributed by atoms with E-state index < -0.39 is 83.2 Å². The van der Waals surface area contributed by atoms with Gasteiger partial charge < -0.3 is 18.6 Å². The number of anilines is 1. The number of nitrogens with one attached hydrogen (secondary N) is 1. The Morgan fingerprint density at radius 1 is 1.02 bits per heavy atom. The number of fused-ring (bicyclic) bond motifs is 5. The molecule has 1 amide bonds. The fourth-order valence-electron chi connectivity index (χ4n) is 4.94. The second kappa shape index (κ2) is 13.3. The van der Waals surface area contributed by atoms with Crippen molar-refractivity contribution in [2.75, 3.05) is 12.4 Å². The third-order valence-electron chi connectivity index (χ3n) is 7.09. The summed E-state index contributed by atoms with van der Waals surface area (Å²) in [5.74, 6) is -1.62. The summed E-state index contributed by atoms with van der Waals surface area (Å²) >= 11 is 0. The maximum Gasteiger partial charge on any atom is 0.426 e. The molecule has 9 nitrogen and oxygen atoms in total. The summed E-state index contributed by atoms with van der Waals surface area (Å²) in [6.45, 7) is 4.18. The van der Waals surface area contributed by atoms with Crippen molar-refractivity contribution in [3.63, 3.8) is 0 Å². The first kappa shape index (κ1) is 34.2. The minimum absolute atomic E-state index is 0.0342. The molecule has 2 aromatic heterocycles. The highest BCUT2D eigenvalue weighted by Crippen LogP contribution is 2.48. The Labute approximate surface area is 255 Å². The summed E-state index contributed by atoms with van der Waals surface area (Å²) in [4.78, 5) is 16.8. The van der Waals surface area contributed by atoms with Crippen LogP contribution in [0.1, 0.15) is 88.1 Å². The van der Waals surface area contributed by atoms with Crippen molar-refractivity contribution in [2.45, 2.75) is 95.6 Å². The summed E-state index contributed by atoms with van der Waals surface area (Å²) in [6.07, 6.45) is -11.6. The van der Waals surface area contributed by atoms with Crippen LogP contribution in [-0.2, 0) is 32.6 Å². The molecule has 0 saturated carbocycles. The number of ether oxygens (including phenoxy) is 3. The number of rotatable bonds is 5. The minimum atomic E-state index is -5.03. The number of hydrogen-bond donors (Lipinski definition) is 1. The van der Waals surface area contributed by atoms with E-state index in [1.54, 1.807) is 51.1 Å². The van der Waals surface area contributed by atoms with Crippen LogP contribution in [0.4, 0.5) is 36.8 Å². The zero-order valence-corrected chi connectivity index (χ0v) is 25.1. The predicted molar refractivity (Wildman–Crippen MR) is 149 cm³/mol. The zero-order chi connectivity index (χ0) is 33.0. The van der Waals surface area contributed by atoms with Crippen LogP contribution in [0.5, 0.6) is 0 Å². The lowest BCUT2D eigenvalue weighted by molar-refractivity contribution is -0.300. The van der Waals surface area contributed by atoms with Crippen LogP contribution in [0.3, 0.4) is 0 Å². The van der Waals surface area contributed by atoms with Crippen molar-refractivity contribution in [2.24, 2.45) is 0 Å². The lowest BCUT2D eigenvalue weighted by Crippen LogP contribution is -2.45. The molecule has 2 atom stereocenters. The van der Waals surface area contributed by atoms with E-state index in [4.69, 9.17) is 18.6 Å². The molecule has 0 fully saturated rings. The fourth-order valence-corrected chi connectivity index (χ4v) is 4.94. The van der Waals surface area contributed by atoms with Crippen molar-refractivity contribution in [1.82, 2.24) is 15.2 Å². The van der Waals surface area contributed by atoms with Crippen LogP contribution in [0.2, 0.25) is 0 Å². The number of carbonyl (C=O) groups is 1. The molecule has 4 rings (SSSR count). The van der Waals surface area contributed by atoms with Crippen molar-refractivity contribution >= 4 is 11.8 Å². The van der Waals surface area contributed by atoms with E-state index in [1.165, 1.54) is 7.11 Å². The molecular weight excluding hydrogens is 610 g/mol. The summed E-state index contributed by atoms with van der Waals surface area (Å²) in [5, 5.41) is 9.65. The van der Waals surface area contributed by atoms with E-state index in [1.807, 2.05) is 0 Å². The van der Waals surface area contributed by atoms with E-state index in [-0.39, 0.29) is 12.8 Å². The molecule has 0 aliphatic carbocycles. The van der Waals surface area contributed by atoms with Crippen LogP contribution in [0.15, 0.2) is 40.8 Å². The van der Waals surface area contributed by atoms with Gasteiger partial charge in [-0.15, -0.1) is 10.2 Å². The molecule has 1 aromatic carbocycles. The third-order valence-corrected chi connectivity index (χ3v) is 7.09. The van der Waals surface area contributed by atoms with Gasteiger partial charge in [-0.1, -0.05) is 49.6 Å². The Bertz CT molecular complexity index is 1460. The average molecular weight is 645 g/mol. The summed E-state index contributed by atoms with van der Waals surface area (Å²) < 4.78 is 110. The summed E-state index contributed by atoms with van der Waals surface area (Å²) in [6, 6.07) is 8.81. The second-order valence-corrected chi connectivity index (χ2v) is 11.6. The topological polar surface area (TPSA) is 109 Å². The molecule has 3 aromatic rings. The third kappa shape index (κ3) is 8.12. The molecule has 0 radical (unpaired) electrons. The van der Waals surface area contributed by atoms with Gasteiger partial charge in [-0.25, -0.2) is 9.78 Å². The van der Waals surface area contributed by atoms with E-state index in [0.717, 1.165) is 0 Å².